The molecule has 7 heteroatoms. The molecule has 2 N–H and O–H groups in total. The predicted octanol–water partition coefficient (Wildman–Crippen LogP) is 0.252. The lowest BCUT2D eigenvalue weighted by molar-refractivity contribution is -0.134. The Bertz CT molecular complexity index is 395. The summed E-state index contributed by atoms with van der Waals surface area (Å²) in [6.45, 7) is 0.138. The molecule has 1 aromatic heterocycles. The van der Waals surface area contributed by atoms with Crippen molar-refractivity contribution in [2.24, 2.45) is 0 Å². The summed E-state index contributed by atoms with van der Waals surface area (Å²) < 4.78 is 24.3. The fourth-order valence-corrected chi connectivity index (χ4v) is 2.28. The first kappa shape index (κ1) is 11.2. The van der Waals surface area contributed by atoms with Gasteiger partial charge in [-0.25, -0.2) is 13.1 Å². The standard InChI is InChI=1S/C7H9NO4S2/c9-7(10)5-14(11,12)8-3-6-1-2-13-4-6/h1-2,4,8H,3,5H2,(H,9,10). The van der Waals surface area contributed by atoms with E-state index < -0.39 is 21.7 Å². The molecule has 78 valence electrons. The van der Waals surface area contributed by atoms with E-state index in [0.29, 0.717) is 0 Å². The number of carbonyl (C=O) groups is 1. The molecule has 1 heterocycles. The van der Waals surface area contributed by atoms with Crippen LogP contribution in [-0.4, -0.2) is 25.2 Å². The number of aliphatic carboxylic acids is 1. The number of hydrogen-bond acceptors (Lipinski definition) is 4. The molecule has 0 aliphatic rings. The lowest BCUT2D eigenvalue weighted by atomic mass is 10.4. The molecule has 0 bridgehead atoms. The first-order valence-electron chi connectivity index (χ1n) is 3.70. The zero-order valence-corrected chi connectivity index (χ0v) is 8.77. The molecule has 0 aliphatic heterocycles. The van der Waals surface area contributed by atoms with Crippen molar-refractivity contribution < 1.29 is 18.3 Å². The second-order valence-electron chi connectivity index (χ2n) is 2.61. The van der Waals surface area contributed by atoms with E-state index in [1.165, 1.54) is 11.3 Å². The van der Waals surface area contributed by atoms with Crippen LogP contribution in [0.25, 0.3) is 0 Å². The molecule has 0 aromatic carbocycles. The quantitative estimate of drug-likeness (QED) is 0.766. The molecule has 14 heavy (non-hydrogen) atoms. The Balaban J connectivity index is 2.49. The highest BCUT2D eigenvalue weighted by Gasteiger charge is 2.14. The number of sulfonamides is 1. The summed E-state index contributed by atoms with van der Waals surface area (Å²) in [5.41, 5.74) is 0.823. The van der Waals surface area contributed by atoms with Crippen LogP contribution in [0.4, 0.5) is 0 Å². The summed E-state index contributed by atoms with van der Waals surface area (Å²) in [6, 6.07) is 1.77. The maximum Gasteiger partial charge on any atom is 0.320 e. The third-order valence-corrected chi connectivity index (χ3v) is 3.33. The van der Waals surface area contributed by atoms with Gasteiger partial charge in [0.1, 0.15) is 0 Å². The Labute approximate surface area is 85.4 Å². The first-order chi connectivity index (χ1) is 6.49. The van der Waals surface area contributed by atoms with Gasteiger partial charge in [-0.3, -0.25) is 4.79 Å². The largest absolute Gasteiger partial charge is 0.480 e. The van der Waals surface area contributed by atoms with Crippen LogP contribution in [0.2, 0.25) is 0 Å². The van der Waals surface area contributed by atoms with Gasteiger partial charge < -0.3 is 5.11 Å². The van der Waals surface area contributed by atoms with Crippen LogP contribution in [0.15, 0.2) is 16.8 Å². The maximum absolute atomic E-state index is 11.0. The van der Waals surface area contributed by atoms with E-state index in [0.717, 1.165) is 5.56 Å². The van der Waals surface area contributed by atoms with Crippen LogP contribution < -0.4 is 4.72 Å². The second kappa shape index (κ2) is 4.54. The van der Waals surface area contributed by atoms with Crippen molar-refractivity contribution in [3.05, 3.63) is 22.4 Å². The van der Waals surface area contributed by atoms with E-state index in [2.05, 4.69) is 4.72 Å². The van der Waals surface area contributed by atoms with E-state index in [1.807, 2.05) is 5.38 Å². The average Bonchev–Trinajstić information content (AvgIpc) is 2.50. The van der Waals surface area contributed by atoms with Crippen molar-refractivity contribution >= 4 is 27.3 Å². The summed E-state index contributed by atoms with van der Waals surface area (Å²) in [7, 11) is -3.70. The highest BCUT2D eigenvalue weighted by molar-refractivity contribution is 7.90. The van der Waals surface area contributed by atoms with E-state index in [-0.39, 0.29) is 6.54 Å². The molecule has 0 spiro atoms. The number of hydrogen-bond donors (Lipinski definition) is 2. The Morgan fingerprint density at radius 1 is 1.57 bits per heavy atom. The molecule has 0 fully saturated rings. The summed E-state index contributed by atoms with van der Waals surface area (Å²) in [4.78, 5) is 10.2. The SMILES string of the molecule is O=C(O)CS(=O)(=O)NCc1ccsc1. The van der Waals surface area contributed by atoms with Crippen molar-refractivity contribution in [1.29, 1.82) is 0 Å². The van der Waals surface area contributed by atoms with Gasteiger partial charge in [-0.1, -0.05) is 0 Å². The number of carboxylic acid groups (broad SMARTS) is 1. The van der Waals surface area contributed by atoms with Crippen molar-refractivity contribution in [1.82, 2.24) is 4.72 Å². The smallest absolute Gasteiger partial charge is 0.320 e. The normalized spacial score (nSPS) is 11.4. The number of nitrogens with one attached hydrogen (secondary N) is 1. The lowest BCUT2D eigenvalue weighted by Crippen LogP contribution is -2.29. The Morgan fingerprint density at radius 2 is 2.29 bits per heavy atom. The summed E-state index contributed by atoms with van der Waals surface area (Å²) >= 11 is 1.45. The minimum absolute atomic E-state index is 0.138. The zero-order valence-electron chi connectivity index (χ0n) is 7.13. The fraction of sp³-hybridized carbons (Fsp3) is 0.286. The van der Waals surface area contributed by atoms with Crippen LogP contribution in [0.1, 0.15) is 5.56 Å². The third-order valence-electron chi connectivity index (χ3n) is 1.39. The molecular formula is C7H9NO4S2. The van der Waals surface area contributed by atoms with Crippen molar-refractivity contribution in [3.8, 4) is 0 Å². The van der Waals surface area contributed by atoms with Crippen molar-refractivity contribution in [2.45, 2.75) is 6.54 Å². The van der Waals surface area contributed by atoms with Gasteiger partial charge in [-0.2, -0.15) is 11.3 Å². The van der Waals surface area contributed by atoms with Gasteiger partial charge in [0.2, 0.25) is 10.0 Å². The van der Waals surface area contributed by atoms with Crippen molar-refractivity contribution in [2.75, 3.05) is 5.75 Å². The first-order valence-corrected chi connectivity index (χ1v) is 6.29. The van der Waals surface area contributed by atoms with Gasteiger partial charge in [0.15, 0.2) is 5.75 Å². The maximum atomic E-state index is 11.0. The molecule has 0 saturated carbocycles. The predicted molar refractivity (Wildman–Crippen MR) is 52.6 cm³/mol. The monoisotopic (exact) mass is 235 g/mol. The van der Waals surface area contributed by atoms with Gasteiger partial charge in [0.25, 0.3) is 0 Å². The van der Waals surface area contributed by atoms with Gasteiger partial charge in [-0.15, -0.1) is 0 Å². The van der Waals surface area contributed by atoms with Gasteiger partial charge >= 0.3 is 5.97 Å². The molecule has 0 radical (unpaired) electrons. The van der Waals surface area contributed by atoms with Gasteiger partial charge in [-0.05, 0) is 22.4 Å². The van der Waals surface area contributed by atoms with Crippen LogP contribution in [0.3, 0.4) is 0 Å². The minimum Gasteiger partial charge on any atom is -0.480 e. The van der Waals surface area contributed by atoms with Gasteiger partial charge in [0, 0.05) is 6.54 Å². The molecule has 1 aromatic rings. The highest BCUT2D eigenvalue weighted by atomic mass is 32.2. The average molecular weight is 235 g/mol. The fourth-order valence-electron chi connectivity index (χ4n) is 0.800. The summed E-state index contributed by atoms with van der Waals surface area (Å²) in [5.74, 6) is -2.25. The Hall–Kier alpha value is -0.920. The van der Waals surface area contributed by atoms with Crippen LogP contribution >= 0.6 is 11.3 Å². The van der Waals surface area contributed by atoms with Crippen LogP contribution in [0, 0.1) is 0 Å². The molecule has 1 rings (SSSR count). The highest BCUT2D eigenvalue weighted by Crippen LogP contribution is 2.05. The third kappa shape index (κ3) is 3.86. The molecule has 0 aliphatic carbocycles. The van der Waals surface area contributed by atoms with Crippen LogP contribution in [0.5, 0.6) is 0 Å². The molecule has 0 saturated heterocycles. The second-order valence-corrected chi connectivity index (χ2v) is 5.19. The zero-order chi connectivity index (χ0) is 10.6. The van der Waals surface area contributed by atoms with Crippen LogP contribution in [-0.2, 0) is 21.4 Å². The lowest BCUT2D eigenvalue weighted by Gasteiger charge is -2.01. The Morgan fingerprint density at radius 3 is 2.79 bits per heavy atom. The molecular weight excluding hydrogens is 226 g/mol. The van der Waals surface area contributed by atoms with E-state index >= 15 is 0 Å². The minimum atomic E-state index is -3.70. The Kier molecular flexibility index (Phi) is 3.62. The summed E-state index contributed by atoms with van der Waals surface area (Å²) in [5, 5.41) is 11.9. The van der Waals surface area contributed by atoms with Crippen molar-refractivity contribution in [3.63, 3.8) is 0 Å². The molecule has 0 unspecified atom stereocenters. The number of carboxylic acids is 1. The molecule has 0 atom stereocenters. The number of rotatable bonds is 5. The molecule has 0 amide bonds. The summed E-state index contributed by atoms with van der Waals surface area (Å²) in [6.07, 6.45) is 0. The van der Waals surface area contributed by atoms with E-state index in [4.69, 9.17) is 5.11 Å². The van der Waals surface area contributed by atoms with Gasteiger partial charge in [0.05, 0.1) is 0 Å². The number of thiophene rings is 1. The van der Waals surface area contributed by atoms with E-state index in [1.54, 1.807) is 11.4 Å². The molecule has 5 nitrogen and oxygen atoms in total. The topological polar surface area (TPSA) is 83.5 Å². The van der Waals surface area contributed by atoms with E-state index in [9.17, 15) is 13.2 Å².